The topological polar surface area (TPSA) is 59.3 Å². The number of carbonyl (C=O) groups excluding carboxylic acids is 1. The van der Waals surface area contributed by atoms with Gasteiger partial charge in [-0.3, -0.25) is 0 Å². The van der Waals surface area contributed by atoms with E-state index in [-0.39, 0.29) is 0 Å². The molecule has 3 aromatic rings. The van der Waals surface area contributed by atoms with E-state index in [0.29, 0.717) is 22.6 Å². The van der Waals surface area contributed by atoms with Crippen molar-refractivity contribution in [3.8, 4) is 17.6 Å². The Labute approximate surface area is 164 Å². The van der Waals surface area contributed by atoms with Crippen molar-refractivity contribution in [1.29, 1.82) is 5.26 Å². The van der Waals surface area contributed by atoms with Crippen molar-refractivity contribution < 1.29 is 14.3 Å². The number of rotatable bonds is 5. The molecule has 0 aromatic heterocycles. The lowest BCUT2D eigenvalue weighted by Crippen LogP contribution is -2.09. The SMILES string of the molecule is COc1cc(C=C(C#N)c2ccccc2)ccc1OC(=O)c1ccc(C)cc1. The summed E-state index contributed by atoms with van der Waals surface area (Å²) in [4.78, 5) is 12.4. The highest BCUT2D eigenvalue weighted by molar-refractivity contribution is 5.92. The summed E-state index contributed by atoms with van der Waals surface area (Å²) in [6, 6.07) is 24.0. The maximum Gasteiger partial charge on any atom is 0.343 e. The van der Waals surface area contributed by atoms with Gasteiger partial charge >= 0.3 is 5.97 Å². The number of hydrogen-bond acceptors (Lipinski definition) is 4. The molecule has 0 saturated heterocycles. The number of nitrogens with zero attached hydrogens (tertiary/aromatic N) is 1. The Morgan fingerprint density at radius 2 is 1.64 bits per heavy atom. The number of benzene rings is 3. The minimum atomic E-state index is -0.455. The van der Waals surface area contributed by atoms with Gasteiger partial charge < -0.3 is 9.47 Å². The molecule has 0 saturated carbocycles. The zero-order valence-electron chi connectivity index (χ0n) is 15.7. The van der Waals surface area contributed by atoms with Crippen LogP contribution in [0.1, 0.15) is 27.0 Å². The van der Waals surface area contributed by atoms with Crippen LogP contribution < -0.4 is 9.47 Å². The highest BCUT2D eigenvalue weighted by Gasteiger charge is 2.13. The van der Waals surface area contributed by atoms with Gasteiger partial charge in [-0.25, -0.2) is 4.79 Å². The first-order valence-corrected chi connectivity index (χ1v) is 8.75. The molecule has 4 nitrogen and oxygen atoms in total. The standard InChI is InChI=1S/C24H19NO3/c1-17-8-11-20(12-9-17)24(26)28-22-13-10-18(15-23(22)27-2)14-21(16-25)19-6-4-3-5-7-19/h3-15H,1-2H3. The molecule has 28 heavy (non-hydrogen) atoms. The number of ether oxygens (including phenoxy) is 2. The number of aryl methyl sites for hydroxylation is 1. The fourth-order valence-electron chi connectivity index (χ4n) is 2.67. The quantitative estimate of drug-likeness (QED) is 0.265. The molecule has 0 aliphatic heterocycles. The third-order valence-electron chi connectivity index (χ3n) is 4.19. The smallest absolute Gasteiger partial charge is 0.343 e. The zero-order chi connectivity index (χ0) is 19.9. The fourth-order valence-corrected chi connectivity index (χ4v) is 2.67. The molecule has 0 amide bonds. The van der Waals surface area contributed by atoms with Gasteiger partial charge in [0.15, 0.2) is 11.5 Å². The van der Waals surface area contributed by atoms with E-state index >= 15 is 0 Å². The predicted molar refractivity (Wildman–Crippen MR) is 109 cm³/mol. The molecular weight excluding hydrogens is 350 g/mol. The third-order valence-corrected chi connectivity index (χ3v) is 4.19. The van der Waals surface area contributed by atoms with Gasteiger partial charge in [0.05, 0.1) is 24.3 Å². The Morgan fingerprint density at radius 3 is 2.29 bits per heavy atom. The molecule has 0 unspecified atom stereocenters. The summed E-state index contributed by atoms with van der Waals surface area (Å²) in [5.41, 5.74) is 3.67. The summed E-state index contributed by atoms with van der Waals surface area (Å²) < 4.78 is 10.9. The van der Waals surface area contributed by atoms with Crippen LogP contribution in [-0.2, 0) is 0 Å². The molecule has 3 rings (SSSR count). The van der Waals surface area contributed by atoms with Crippen molar-refractivity contribution in [2.45, 2.75) is 6.92 Å². The summed E-state index contributed by atoms with van der Waals surface area (Å²) in [6.07, 6.45) is 1.77. The van der Waals surface area contributed by atoms with Crippen LogP contribution in [0.3, 0.4) is 0 Å². The van der Waals surface area contributed by atoms with Crippen LogP contribution >= 0.6 is 0 Å². The Balaban J connectivity index is 1.86. The van der Waals surface area contributed by atoms with E-state index < -0.39 is 5.97 Å². The second-order valence-corrected chi connectivity index (χ2v) is 6.20. The maximum absolute atomic E-state index is 12.4. The molecule has 0 spiro atoms. The Hall–Kier alpha value is -3.84. The van der Waals surface area contributed by atoms with E-state index in [9.17, 15) is 10.1 Å². The first-order chi connectivity index (χ1) is 13.6. The maximum atomic E-state index is 12.4. The zero-order valence-corrected chi connectivity index (χ0v) is 15.7. The third kappa shape index (κ3) is 4.46. The van der Waals surface area contributed by atoms with Gasteiger partial charge in [-0.05, 0) is 48.4 Å². The minimum Gasteiger partial charge on any atom is -0.493 e. The molecule has 0 radical (unpaired) electrons. The Morgan fingerprint density at radius 1 is 0.929 bits per heavy atom. The Kier molecular flexibility index (Phi) is 5.88. The average Bonchev–Trinajstić information content (AvgIpc) is 2.74. The van der Waals surface area contributed by atoms with E-state index in [4.69, 9.17) is 9.47 Å². The first-order valence-electron chi connectivity index (χ1n) is 8.75. The Bertz CT molecular complexity index is 1050. The number of allylic oxidation sites excluding steroid dienone is 1. The monoisotopic (exact) mass is 369 g/mol. The lowest BCUT2D eigenvalue weighted by atomic mass is 10.0. The van der Waals surface area contributed by atoms with Crippen LogP contribution in [0.2, 0.25) is 0 Å². The second kappa shape index (κ2) is 8.70. The minimum absolute atomic E-state index is 0.323. The van der Waals surface area contributed by atoms with E-state index in [1.807, 2.05) is 49.4 Å². The van der Waals surface area contributed by atoms with E-state index in [1.165, 1.54) is 7.11 Å². The molecule has 138 valence electrons. The van der Waals surface area contributed by atoms with Gasteiger partial charge in [-0.2, -0.15) is 5.26 Å². The molecule has 0 heterocycles. The summed E-state index contributed by atoms with van der Waals surface area (Å²) in [5.74, 6) is 0.284. The first kappa shape index (κ1) is 18.9. The highest BCUT2D eigenvalue weighted by atomic mass is 16.6. The summed E-state index contributed by atoms with van der Waals surface area (Å²) in [6.45, 7) is 1.95. The van der Waals surface area contributed by atoms with Crippen LogP contribution in [0.15, 0.2) is 72.8 Å². The summed E-state index contributed by atoms with van der Waals surface area (Å²) in [5, 5.41) is 9.47. The van der Waals surface area contributed by atoms with Crippen LogP contribution in [0, 0.1) is 18.3 Å². The molecular formula is C24H19NO3. The molecule has 0 bridgehead atoms. The lowest BCUT2D eigenvalue weighted by molar-refractivity contribution is 0.0729. The van der Waals surface area contributed by atoms with Gasteiger partial charge in [-0.15, -0.1) is 0 Å². The second-order valence-electron chi connectivity index (χ2n) is 6.20. The van der Waals surface area contributed by atoms with E-state index in [2.05, 4.69) is 6.07 Å². The molecule has 0 aliphatic carbocycles. The van der Waals surface area contributed by atoms with Crippen molar-refractivity contribution in [3.63, 3.8) is 0 Å². The van der Waals surface area contributed by atoms with E-state index in [0.717, 1.165) is 16.7 Å². The van der Waals surface area contributed by atoms with Gasteiger partial charge in [0.2, 0.25) is 0 Å². The van der Waals surface area contributed by atoms with E-state index in [1.54, 1.807) is 36.4 Å². The van der Waals surface area contributed by atoms with Crippen molar-refractivity contribution in [1.82, 2.24) is 0 Å². The van der Waals surface area contributed by atoms with Gasteiger partial charge in [0.25, 0.3) is 0 Å². The molecule has 4 heteroatoms. The number of carbonyl (C=O) groups is 1. The highest BCUT2D eigenvalue weighted by Crippen LogP contribution is 2.30. The predicted octanol–water partition coefficient (Wildman–Crippen LogP) is 5.29. The van der Waals surface area contributed by atoms with Gasteiger partial charge in [-0.1, -0.05) is 54.1 Å². The van der Waals surface area contributed by atoms with Crippen molar-refractivity contribution >= 4 is 17.6 Å². The number of methoxy groups -OCH3 is 1. The van der Waals surface area contributed by atoms with Crippen molar-refractivity contribution in [3.05, 3.63) is 95.1 Å². The fraction of sp³-hybridized carbons (Fsp3) is 0.0833. The number of esters is 1. The summed E-state index contributed by atoms with van der Waals surface area (Å²) in [7, 11) is 1.51. The molecule has 0 atom stereocenters. The van der Waals surface area contributed by atoms with Crippen LogP contribution in [-0.4, -0.2) is 13.1 Å². The average molecular weight is 369 g/mol. The van der Waals surface area contributed by atoms with Gasteiger partial charge in [0, 0.05) is 0 Å². The lowest BCUT2D eigenvalue weighted by Gasteiger charge is -2.10. The van der Waals surface area contributed by atoms with Crippen molar-refractivity contribution in [2.24, 2.45) is 0 Å². The summed E-state index contributed by atoms with van der Waals surface area (Å²) >= 11 is 0. The van der Waals surface area contributed by atoms with Gasteiger partial charge in [0.1, 0.15) is 0 Å². The molecule has 0 aliphatic rings. The normalized spacial score (nSPS) is 10.8. The molecule has 3 aromatic carbocycles. The largest absolute Gasteiger partial charge is 0.493 e. The van der Waals surface area contributed by atoms with Crippen molar-refractivity contribution in [2.75, 3.05) is 7.11 Å². The van der Waals surface area contributed by atoms with Crippen LogP contribution in [0.4, 0.5) is 0 Å². The molecule has 0 fully saturated rings. The number of nitriles is 1. The number of hydrogen-bond donors (Lipinski definition) is 0. The van der Waals surface area contributed by atoms with Crippen LogP contribution in [0.5, 0.6) is 11.5 Å². The van der Waals surface area contributed by atoms with Crippen LogP contribution in [0.25, 0.3) is 11.6 Å². The molecule has 0 N–H and O–H groups in total.